The summed E-state index contributed by atoms with van der Waals surface area (Å²) in [6.07, 6.45) is -9.40. The van der Waals surface area contributed by atoms with Gasteiger partial charge in [0, 0.05) is 0 Å². The molecule has 7 atom stereocenters. The molecule has 0 spiro atoms. The van der Waals surface area contributed by atoms with E-state index in [0.717, 1.165) is 0 Å². The molecule has 112 valence electrons. The summed E-state index contributed by atoms with van der Waals surface area (Å²) in [5.74, 6) is -1.34. The van der Waals surface area contributed by atoms with E-state index in [0.29, 0.717) is 0 Å². The first-order chi connectivity index (χ1) is 8.79. The van der Waals surface area contributed by atoms with Crippen molar-refractivity contribution in [1.29, 1.82) is 0 Å². The molecule has 0 aromatic rings. The number of rotatable bonds is 5. The van der Waals surface area contributed by atoms with Crippen LogP contribution in [0.5, 0.6) is 0 Å². The number of alkyl halides is 1. The monoisotopic (exact) mass is 283 g/mol. The summed E-state index contributed by atoms with van der Waals surface area (Å²) in [6, 6.07) is -1.40. The van der Waals surface area contributed by atoms with Gasteiger partial charge in [-0.3, -0.25) is 4.79 Å². The molecule has 0 amide bonds. The van der Waals surface area contributed by atoms with Crippen LogP contribution in [0.15, 0.2) is 0 Å². The number of carbonyl (C=O) groups is 1. The van der Waals surface area contributed by atoms with Crippen molar-refractivity contribution >= 4 is 5.97 Å². The van der Waals surface area contributed by atoms with Crippen molar-refractivity contribution in [1.82, 2.24) is 0 Å². The SMILES string of the molecule is C[C@@H](O[C@H]1O[C@H](CO)[C@@H](O)[C@H](O)[C@H]1F)[C@H](N)C(=O)O. The van der Waals surface area contributed by atoms with Crippen molar-refractivity contribution in [3.63, 3.8) is 0 Å². The van der Waals surface area contributed by atoms with E-state index in [-0.39, 0.29) is 0 Å². The van der Waals surface area contributed by atoms with Crippen LogP contribution in [-0.2, 0) is 14.3 Å². The van der Waals surface area contributed by atoms with Crippen LogP contribution in [0.4, 0.5) is 4.39 Å². The number of nitrogens with two attached hydrogens (primary N) is 1. The first-order valence-electron chi connectivity index (χ1n) is 5.70. The fourth-order valence-electron chi connectivity index (χ4n) is 1.65. The summed E-state index contributed by atoms with van der Waals surface area (Å²) in [5.41, 5.74) is 5.29. The maximum atomic E-state index is 13.7. The number of aliphatic hydroxyl groups is 3. The molecule has 0 aliphatic carbocycles. The van der Waals surface area contributed by atoms with Gasteiger partial charge in [-0.1, -0.05) is 0 Å². The molecule has 8 nitrogen and oxygen atoms in total. The van der Waals surface area contributed by atoms with Crippen molar-refractivity contribution in [3.05, 3.63) is 0 Å². The van der Waals surface area contributed by atoms with Gasteiger partial charge in [0.2, 0.25) is 0 Å². The Morgan fingerprint density at radius 3 is 2.53 bits per heavy atom. The summed E-state index contributed by atoms with van der Waals surface area (Å²) in [7, 11) is 0. The Hall–Kier alpha value is -0.840. The quantitative estimate of drug-likeness (QED) is 0.375. The highest BCUT2D eigenvalue weighted by molar-refractivity contribution is 5.73. The van der Waals surface area contributed by atoms with Crippen LogP contribution in [0.25, 0.3) is 0 Å². The van der Waals surface area contributed by atoms with E-state index in [1.165, 1.54) is 6.92 Å². The first-order valence-corrected chi connectivity index (χ1v) is 5.70. The zero-order valence-electron chi connectivity index (χ0n) is 10.2. The lowest BCUT2D eigenvalue weighted by atomic mass is 10.0. The van der Waals surface area contributed by atoms with E-state index in [1.807, 2.05) is 0 Å². The second kappa shape index (κ2) is 6.55. The average molecular weight is 283 g/mol. The molecule has 0 radical (unpaired) electrons. The molecule has 19 heavy (non-hydrogen) atoms. The van der Waals surface area contributed by atoms with Crippen LogP contribution in [0, 0.1) is 0 Å². The molecule has 0 saturated carbocycles. The zero-order valence-corrected chi connectivity index (χ0v) is 10.2. The smallest absolute Gasteiger partial charge is 0.323 e. The van der Waals surface area contributed by atoms with Crippen molar-refractivity contribution in [3.8, 4) is 0 Å². The molecule has 1 aliphatic rings. The van der Waals surface area contributed by atoms with Crippen LogP contribution >= 0.6 is 0 Å². The molecule has 0 aromatic heterocycles. The van der Waals surface area contributed by atoms with E-state index >= 15 is 0 Å². The van der Waals surface area contributed by atoms with Gasteiger partial charge in [-0.15, -0.1) is 0 Å². The lowest BCUT2D eigenvalue weighted by Crippen LogP contribution is -2.59. The highest BCUT2D eigenvalue weighted by atomic mass is 19.1. The molecule has 1 rings (SSSR count). The van der Waals surface area contributed by atoms with Gasteiger partial charge >= 0.3 is 5.97 Å². The van der Waals surface area contributed by atoms with Crippen LogP contribution in [-0.4, -0.2) is 75.9 Å². The minimum atomic E-state index is -2.08. The van der Waals surface area contributed by atoms with Gasteiger partial charge in [0.05, 0.1) is 12.7 Å². The van der Waals surface area contributed by atoms with Gasteiger partial charge in [-0.05, 0) is 6.92 Å². The van der Waals surface area contributed by atoms with Gasteiger partial charge < -0.3 is 35.6 Å². The van der Waals surface area contributed by atoms with Crippen molar-refractivity contribution in [2.75, 3.05) is 6.61 Å². The molecule has 9 heteroatoms. The highest BCUT2D eigenvalue weighted by Crippen LogP contribution is 2.25. The number of hydrogen-bond acceptors (Lipinski definition) is 7. The van der Waals surface area contributed by atoms with E-state index in [9.17, 15) is 19.4 Å². The highest BCUT2D eigenvalue weighted by Gasteiger charge is 2.46. The van der Waals surface area contributed by atoms with Gasteiger partial charge in [-0.25, -0.2) is 4.39 Å². The van der Waals surface area contributed by atoms with Crippen LogP contribution in [0.3, 0.4) is 0 Å². The van der Waals surface area contributed by atoms with Gasteiger partial charge in [0.15, 0.2) is 12.5 Å². The lowest BCUT2D eigenvalue weighted by Gasteiger charge is -2.39. The third kappa shape index (κ3) is 3.59. The average Bonchev–Trinajstić information content (AvgIpc) is 2.38. The standard InChI is InChI=1S/C10H18FNO7/c1-3(6(12)9(16)17)18-10-5(11)8(15)7(14)4(2-13)19-10/h3-8,10,13-15H,2,12H2,1H3,(H,16,17)/t3-,4-,5-,6+,7-,8-,10+/m1/s1. The molecular formula is C10H18FNO7. The number of carboxylic acid groups (broad SMARTS) is 1. The predicted octanol–water partition coefficient (Wildman–Crippen LogP) is -2.42. The Bertz CT molecular complexity index is 316. The number of carboxylic acids is 1. The van der Waals surface area contributed by atoms with E-state index < -0.39 is 55.5 Å². The topological polar surface area (TPSA) is 142 Å². The first kappa shape index (κ1) is 16.2. The molecular weight excluding hydrogens is 265 g/mol. The second-order valence-electron chi connectivity index (χ2n) is 4.36. The van der Waals surface area contributed by atoms with Crippen molar-refractivity contribution in [2.45, 2.75) is 49.8 Å². The maximum absolute atomic E-state index is 13.7. The van der Waals surface area contributed by atoms with Crippen LogP contribution < -0.4 is 5.73 Å². The Balaban J connectivity index is 2.69. The van der Waals surface area contributed by atoms with Gasteiger partial charge in [-0.2, -0.15) is 0 Å². The zero-order chi connectivity index (χ0) is 14.7. The van der Waals surface area contributed by atoms with E-state index in [4.69, 9.17) is 25.4 Å². The Morgan fingerprint density at radius 1 is 1.47 bits per heavy atom. The molecule has 1 saturated heterocycles. The number of halogens is 1. The minimum Gasteiger partial charge on any atom is -0.480 e. The molecule has 1 heterocycles. The third-order valence-corrected chi connectivity index (χ3v) is 2.95. The number of hydrogen-bond donors (Lipinski definition) is 5. The van der Waals surface area contributed by atoms with E-state index in [1.54, 1.807) is 0 Å². The molecule has 0 unspecified atom stereocenters. The fraction of sp³-hybridized carbons (Fsp3) is 0.900. The molecule has 0 aromatic carbocycles. The predicted molar refractivity (Wildman–Crippen MR) is 58.8 cm³/mol. The molecule has 1 aliphatic heterocycles. The summed E-state index contributed by atoms with van der Waals surface area (Å²) in [4.78, 5) is 10.6. The Labute approximate surface area is 108 Å². The molecule has 0 bridgehead atoms. The Kier molecular flexibility index (Phi) is 5.59. The third-order valence-electron chi connectivity index (χ3n) is 2.95. The number of aliphatic carboxylic acids is 1. The van der Waals surface area contributed by atoms with Gasteiger partial charge in [0.1, 0.15) is 24.4 Å². The number of aliphatic hydroxyl groups excluding tert-OH is 3. The molecule has 1 fully saturated rings. The summed E-state index contributed by atoms with van der Waals surface area (Å²) in [5, 5.41) is 36.4. The van der Waals surface area contributed by atoms with Crippen molar-refractivity contribution in [2.24, 2.45) is 5.73 Å². The van der Waals surface area contributed by atoms with E-state index in [2.05, 4.69) is 0 Å². The number of ether oxygens (including phenoxy) is 2. The maximum Gasteiger partial charge on any atom is 0.323 e. The van der Waals surface area contributed by atoms with Crippen LogP contribution in [0.1, 0.15) is 6.92 Å². The van der Waals surface area contributed by atoms with Crippen molar-refractivity contribution < 1.29 is 39.1 Å². The Morgan fingerprint density at radius 2 is 2.05 bits per heavy atom. The van der Waals surface area contributed by atoms with Crippen LogP contribution in [0.2, 0.25) is 0 Å². The summed E-state index contributed by atoms with van der Waals surface area (Å²) >= 11 is 0. The minimum absolute atomic E-state index is 0.649. The second-order valence-corrected chi connectivity index (χ2v) is 4.36. The summed E-state index contributed by atoms with van der Waals surface area (Å²) < 4.78 is 23.6. The fourth-order valence-corrected chi connectivity index (χ4v) is 1.65. The normalized spacial score (nSPS) is 38.7. The largest absolute Gasteiger partial charge is 0.480 e. The lowest BCUT2D eigenvalue weighted by molar-refractivity contribution is -0.297. The molecule has 6 N–H and O–H groups in total. The van der Waals surface area contributed by atoms with Gasteiger partial charge in [0.25, 0.3) is 0 Å². The summed E-state index contributed by atoms with van der Waals surface area (Å²) in [6.45, 7) is 0.657.